The summed E-state index contributed by atoms with van der Waals surface area (Å²) in [7, 11) is 0. The van der Waals surface area contributed by atoms with Crippen LogP contribution < -0.4 is 4.74 Å². The van der Waals surface area contributed by atoms with E-state index in [1.165, 1.54) is 0 Å². The average molecular weight is 225 g/mol. The highest BCUT2D eigenvalue weighted by atomic mass is 19.4. The summed E-state index contributed by atoms with van der Waals surface area (Å²) in [5.74, 6) is -2.23. The zero-order valence-electron chi connectivity index (χ0n) is 6.92. The lowest BCUT2D eigenvalue weighted by Gasteiger charge is -2.08. The van der Waals surface area contributed by atoms with Crippen LogP contribution in [0.15, 0.2) is 18.2 Å². The second-order valence-corrected chi connectivity index (χ2v) is 2.42. The number of ether oxygens (including phenoxy) is 1. The molecule has 0 radical (unpaired) electrons. The van der Waals surface area contributed by atoms with Gasteiger partial charge < -0.3 is 4.74 Å². The lowest BCUT2D eigenvalue weighted by molar-refractivity contribution is -0.387. The molecule has 0 unspecified atom stereocenters. The molecule has 0 bridgehead atoms. The number of benzene rings is 1. The van der Waals surface area contributed by atoms with Crippen LogP contribution in [0.1, 0.15) is 0 Å². The van der Waals surface area contributed by atoms with Gasteiger partial charge in [0.25, 0.3) is 0 Å². The van der Waals surface area contributed by atoms with Gasteiger partial charge in [0, 0.05) is 12.1 Å². The van der Waals surface area contributed by atoms with Crippen LogP contribution in [-0.2, 0) is 0 Å². The van der Waals surface area contributed by atoms with Crippen LogP contribution in [0.2, 0.25) is 0 Å². The van der Waals surface area contributed by atoms with E-state index in [1.54, 1.807) is 0 Å². The van der Waals surface area contributed by atoms with E-state index >= 15 is 0 Å². The second-order valence-electron chi connectivity index (χ2n) is 2.42. The van der Waals surface area contributed by atoms with Crippen molar-refractivity contribution in [2.24, 2.45) is 0 Å². The fraction of sp³-hybridized carbons (Fsp3) is 0.143. The van der Waals surface area contributed by atoms with Crippen LogP contribution in [0.4, 0.5) is 23.2 Å². The predicted molar refractivity (Wildman–Crippen MR) is 39.7 cm³/mol. The summed E-state index contributed by atoms with van der Waals surface area (Å²) in [6.07, 6.45) is -4.96. The molecule has 8 heteroatoms. The Kier molecular flexibility index (Phi) is 2.78. The molecule has 0 amide bonds. The minimum atomic E-state index is -4.96. The summed E-state index contributed by atoms with van der Waals surface area (Å²) < 4.78 is 51.1. The highest BCUT2D eigenvalue weighted by molar-refractivity contribution is 5.37. The van der Waals surface area contributed by atoms with Gasteiger partial charge in [0.1, 0.15) is 5.75 Å². The third-order valence-electron chi connectivity index (χ3n) is 1.35. The molecule has 0 aliphatic heterocycles. The van der Waals surface area contributed by atoms with Gasteiger partial charge in [0.05, 0.1) is 4.92 Å². The molecule has 0 aliphatic carbocycles. The Hall–Kier alpha value is -1.86. The molecule has 1 rings (SSSR count). The van der Waals surface area contributed by atoms with Crippen molar-refractivity contribution >= 4 is 5.69 Å². The molecule has 0 fully saturated rings. The van der Waals surface area contributed by atoms with E-state index in [9.17, 15) is 27.7 Å². The summed E-state index contributed by atoms with van der Waals surface area (Å²) in [4.78, 5) is 9.07. The van der Waals surface area contributed by atoms with Gasteiger partial charge in [-0.1, -0.05) is 0 Å². The number of nitro groups is 1. The highest BCUT2D eigenvalue weighted by Crippen LogP contribution is 2.26. The molecule has 0 aliphatic rings. The van der Waals surface area contributed by atoms with Gasteiger partial charge in [-0.2, -0.15) is 4.39 Å². The van der Waals surface area contributed by atoms with Crippen LogP contribution in [0, 0.1) is 15.9 Å². The van der Waals surface area contributed by atoms with E-state index < -0.39 is 28.5 Å². The van der Waals surface area contributed by atoms with Gasteiger partial charge in [0.15, 0.2) is 0 Å². The Bertz CT molecular complexity index is 390. The second kappa shape index (κ2) is 3.71. The van der Waals surface area contributed by atoms with E-state index in [-0.39, 0.29) is 0 Å². The van der Waals surface area contributed by atoms with Crippen molar-refractivity contribution in [2.45, 2.75) is 6.36 Å². The molecule has 82 valence electrons. The molecule has 0 spiro atoms. The molecule has 0 N–H and O–H groups in total. The number of nitro benzene ring substituents is 1. The van der Waals surface area contributed by atoms with Gasteiger partial charge in [0.2, 0.25) is 5.82 Å². The van der Waals surface area contributed by atoms with Crippen LogP contribution in [0.5, 0.6) is 5.75 Å². The normalized spacial score (nSPS) is 11.2. The number of rotatable bonds is 2. The maximum atomic E-state index is 12.8. The van der Waals surface area contributed by atoms with E-state index in [0.29, 0.717) is 18.2 Å². The Morgan fingerprint density at radius 1 is 1.33 bits per heavy atom. The quantitative estimate of drug-likeness (QED) is 0.441. The standard InChI is InChI=1S/C7H3F4NO3/c8-5-3-4(15-7(9,10)11)1-2-6(5)12(13)14/h1-3H. The number of nitrogens with zero attached hydrogens (tertiary/aromatic N) is 1. The molecule has 15 heavy (non-hydrogen) atoms. The Morgan fingerprint density at radius 3 is 2.33 bits per heavy atom. The molecule has 0 heterocycles. The van der Waals surface area contributed by atoms with Gasteiger partial charge in [-0.05, 0) is 6.07 Å². The van der Waals surface area contributed by atoms with E-state index in [4.69, 9.17) is 0 Å². The molecule has 0 saturated carbocycles. The summed E-state index contributed by atoms with van der Waals surface area (Å²) in [5.41, 5.74) is -0.912. The number of halogens is 4. The molecule has 0 atom stereocenters. The van der Waals surface area contributed by atoms with Crippen LogP contribution >= 0.6 is 0 Å². The van der Waals surface area contributed by atoms with Crippen LogP contribution in [-0.4, -0.2) is 11.3 Å². The molecule has 0 aromatic heterocycles. The zero-order chi connectivity index (χ0) is 11.6. The Balaban J connectivity index is 2.97. The van der Waals surface area contributed by atoms with Gasteiger partial charge >= 0.3 is 12.0 Å². The topological polar surface area (TPSA) is 52.4 Å². The van der Waals surface area contributed by atoms with E-state index in [0.717, 1.165) is 0 Å². The van der Waals surface area contributed by atoms with Gasteiger partial charge in [-0.3, -0.25) is 10.1 Å². The SMILES string of the molecule is O=[N+]([O-])c1ccc(OC(F)(F)F)cc1F. The number of hydrogen-bond acceptors (Lipinski definition) is 3. The Morgan fingerprint density at radius 2 is 1.93 bits per heavy atom. The number of alkyl halides is 3. The first-order valence-corrected chi connectivity index (χ1v) is 3.49. The van der Waals surface area contributed by atoms with Crippen molar-refractivity contribution in [3.05, 3.63) is 34.1 Å². The molecule has 0 saturated heterocycles. The minimum Gasteiger partial charge on any atom is -0.406 e. The first-order chi connectivity index (χ1) is 6.79. The lowest BCUT2D eigenvalue weighted by atomic mass is 10.3. The summed E-state index contributed by atoms with van der Waals surface area (Å²) in [6.45, 7) is 0. The van der Waals surface area contributed by atoms with Crippen LogP contribution in [0.25, 0.3) is 0 Å². The smallest absolute Gasteiger partial charge is 0.406 e. The maximum Gasteiger partial charge on any atom is 0.573 e. The highest BCUT2D eigenvalue weighted by Gasteiger charge is 2.31. The predicted octanol–water partition coefficient (Wildman–Crippen LogP) is 2.63. The van der Waals surface area contributed by atoms with Crippen molar-refractivity contribution in [1.29, 1.82) is 0 Å². The fourth-order valence-corrected chi connectivity index (χ4v) is 0.833. The first kappa shape index (κ1) is 11.2. The lowest BCUT2D eigenvalue weighted by Crippen LogP contribution is -2.17. The molecular weight excluding hydrogens is 222 g/mol. The van der Waals surface area contributed by atoms with E-state index in [1.807, 2.05) is 0 Å². The monoisotopic (exact) mass is 225 g/mol. The fourth-order valence-electron chi connectivity index (χ4n) is 0.833. The summed E-state index contributed by atoms with van der Waals surface area (Å²) in [5, 5.41) is 10.1. The molecular formula is C7H3F4NO3. The van der Waals surface area contributed by atoms with Crippen molar-refractivity contribution in [1.82, 2.24) is 0 Å². The van der Waals surface area contributed by atoms with Crippen molar-refractivity contribution < 1.29 is 27.2 Å². The minimum absolute atomic E-state index is 0.297. The third-order valence-corrected chi connectivity index (χ3v) is 1.35. The van der Waals surface area contributed by atoms with Gasteiger partial charge in [-0.15, -0.1) is 13.2 Å². The van der Waals surface area contributed by atoms with Crippen molar-refractivity contribution in [3.8, 4) is 5.75 Å². The van der Waals surface area contributed by atoms with E-state index in [2.05, 4.69) is 4.74 Å². The average Bonchev–Trinajstić information content (AvgIpc) is 1.99. The molecule has 1 aromatic rings. The third kappa shape index (κ3) is 3.08. The Labute approximate surface area is 80.2 Å². The number of hydrogen-bond donors (Lipinski definition) is 0. The molecule has 4 nitrogen and oxygen atoms in total. The summed E-state index contributed by atoms with van der Waals surface area (Å²) >= 11 is 0. The maximum absolute atomic E-state index is 12.8. The summed E-state index contributed by atoms with van der Waals surface area (Å²) in [6, 6.07) is 1.55. The van der Waals surface area contributed by atoms with Crippen LogP contribution in [0.3, 0.4) is 0 Å². The van der Waals surface area contributed by atoms with Crippen molar-refractivity contribution in [2.75, 3.05) is 0 Å². The van der Waals surface area contributed by atoms with Crippen molar-refractivity contribution in [3.63, 3.8) is 0 Å². The largest absolute Gasteiger partial charge is 0.573 e. The van der Waals surface area contributed by atoms with Gasteiger partial charge in [-0.25, -0.2) is 0 Å². The molecule has 1 aromatic carbocycles. The first-order valence-electron chi connectivity index (χ1n) is 3.49. The zero-order valence-corrected chi connectivity index (χ0v) is 6.92.